The Hall–Kier alpha value is -4.61. The van der Waals surface area contributed by atoms with Crippen LogP contribution in [0.25, 0.3) is 10.8 Å². The van der Waals surface area contributed by atoms with Gasteiger partial charge in [-0.1, -0.05) is 100 Å². The molecule has 2 aliphatic carbocycles. The van der Waals surface area contributed by atoms with Crippen LogP contribution >= 0.6 is 0 Å². The first-order valence-corrected chi connectivity index (χ1v) is 18.9. The molecular formula is C42H50BN5O5. The highest BCUT2D eigenvalue weighted by molar-refractivity contribution is 6.48. The quantitative estimate of drug-likeness (QED) is 0.156. The second-order valence-electron chi connectivity index (χ2n) is 16.3. The number of amides is 3. The summed E-state index contributed by atoms with van der Waals surface area (Å²) in [7, 11) is -0.601. The van der Waals surface area contributed by atoms with E-state index in [4.69, 9.17) is 9.31 Å². The van der Waals surface area contributed by atoms with E-state index in [2.05, 4.69) is 60.5 Å². The molecule has 0 spiro atoms. The lowest BCUT2D eigenvalue weighted by Gasteiger charge is -2.35. The lowest BCUT2D eigenvalue weighted by Crippen LogP contribution is -2.58. The van der Waals surface area contributed by atoms with Crippen molar-refractivity contribution < 1.29 is 23.7 Å². The fourth-order valence-electron chi connectivity index (χ4n) is 9.31. The van der Waals surface area contributed by atoms with Crippen LogP contribution in [0.3, 0.4) is 0 Å². The van der Waals surface area contributed by atoms with Gasteiger partial charge in [0.15, 0.2) is 0 Å². The summed E-state index contributed by atoms with van der Waals surface area (Å²) >= 11 is 0. The van der Waals surface area contributed by atoms with Crippen molar-refractivity contribution in [1.82, 2.24) is 25.9 Å². The highest BCUT2D eigenvalue weighted by Crippen LogP contribution is 2.66. The summed E-state index contributed by atoms with van der Waals surface area (Å²) in [5.41, 5.74) is 1.56. The molecule has 0 radical (unpaired) electrons. The van der Waals surface area contributed by atoms with Gasteiger partial charge in [-0.2, -0.15) is 0 Å². The van der Waals surface area contributed by atoms with E-state index >= 15 is 0 Å². The van der Waals surface area contributed by atoms with Gasteiger partial charge in [0.2, 0.25) is 11.8 Å². The highest BCUT2D eigenvalue weighted by Gasteiger charge is 2.71. The number of benzene rings is 3. The smallest absolute Gasteiger partial charge is 0.404 e. The topological polar surface area (TPSA) is 132 Å². The first kappa shape index (κ1) is 36.7. The molecule has 2 heterocycles. The van der Waals surface area contributed by atoms with Gasteiger partial charge in [-0.05, 0) is 71.3 Å². The van der Waals surface area contributed by atoms with Gasteiger partial charge in [-0.25, -0.2) is 4.98 Å². The molecule has 7 atom stereocenters. The summed E-state index contributed by atoms with van der Waals surface area (Å²) in [4.78, 5) is 50.3. The third-order valence-electron chi connectivity index (χ3n) is 11.9. The molecule has 3 amide bonds. The van der Waals surface area contributed by atoms with Crippen LogP contribution in [0, 0.1) is 23.2 Å². The first-order valence-electron chi connectivity index (χ1n) is 18.9. The van der Waals surface area contributed by atoms with Crippen molar-refractivity contribution in [2.45, 2.75) is 96.5 Å². The normalized spacial score (nSPS) is 24.4. The number of aromatic nitrogens is 2. The van der Waals surface area contributed by atoms with Gasteiger partial charge in [0.1, 0.15) is 17.8 Å². The molecule has 3 aromatic carbocycles. The minimum absolute atomic E-state index is 0.0265. The van der Waals surface area contributed by atoms with Crippen LogP contribution in [-0.2, 0) is 31.7 Å². The standard InChI is InChI=1S/C42H50BN5O5/c1-26(2)21-36(43-52-37-31-17-18-35(41(31,3)4)42(37,5)53-43)48-39(50)32(23-27-11-7-6-8-12-27)46-38(49)33(47-40(51)34-25-44-19-20-45-34)24-28-15-16-29-13-9-10-14-30(29)22-28/h6-16,19-20,22,25-26,31-33,35-37H,17-18,21,23-24H2,1-5H3,(H,46,49)(H,47,51)(H,48,50)/t31-,32+,33+,35-,36+,37-,42+/m1/s1. The van der Waals surface area contributed by atoms with E-state index in [0.29, 0.717) is 18.3 Å². The van der Waals surface area contributed by atoms with Crippen molar-refractivity contribution in [3.63, 3.8) is 0 Å². The van der Waals surface area contributed by atoms with E-state index in [1.165, 1.54) is 18.6 Å². The van der Waals surface area contributed by atoms with Gasteiger partial charge >= 0.3 is 7.12 Å². The molecule has 10 nitrogen and oxygen atoms in total. The Morgan fingerprint density at radius 3 is 2.25 bits per heavy atom. The van der Waals surface area contributed by atoms with Crippen LogP contribution in [0.1, 0.15) is 75.5 Å². The zero-order valence-corrected chi connectivity index (χ0v) is 31.3. The molecule has 53 heavy (non-hydrogen) atoms. The zero-order valence-electron chi connectivity index (χ0n) is 31.3. The van der Waals surface area contributed by atoms with Crippen LogP contribution in [-0.4, -0.2) is 64.5 Å². The predicted molar refractivity (Wildman–Crippen MR) is 205 cm³/mol. The van der Waals surface area contributed by atoms with E-state index in [1.54, 1.807) is 0 Å². The van der Waals surface area contributed by atoms with Crippen molar-refractivity contribution >= 4 is 35.6 Å². The van der Waals surface area contributed by atoms with Gasteiger partial charge in [0, 0.05) is 25.2 Å². The molecule has 1 aliphatic heterocycles. The minimum atomic E-state index is -1.01. The Labute approximate surface area is 312 Å². The van der Waals surface area contributed by atoms with Gasteiger partial charge in [-0.15, -0.1) is 0 Å². The van der Waals surface area contributed by atoms with Crippen molar-refractivity contribution in [2.24, 2.45) is 23.2 Å². The van der Waals surface area contributed by atoms with E-state index in [9.17, 15) is 14.4 Å². The SMILES string of the molecule is CC(C)C[C@H](NC(=O)[C@H](Cc1ccccc1)NC(=O)[C@H](Cc1ccc2ccccc2c1)NC(=O)c1cnccn1)B1O[C@@H]2[C@H]3CC[C@H](C3(C)C)[C@]2(C)O1. The Morgan fingerprint density at radius 2 is 1.53 bits per heavy atom. The monoisotopic (exact) mass is 715 g/mol. The number of rotatable bonds is 13. The summed E-state index contributed by atoms with van der Waals surface area (Å²) in [6.45, 7) is 11.1. The first-order chi connectivity index (χ1) is 25.4. The average Bonchev–Trinajstić information content (AvgIpc) is 3.72. The number of nitrogens with zero attached hydrogens (tertiary/aromatic N) is 2. The molecule has 7 rings (SSSR count). The lowest BCUT2D eigenvalue weighted by molar-refractivity contribution is -0.130. The molecule has 3 fully saturated rings. The fourth-order valence-corrected chi connectivity index (χ4v) is 9.31. The van der Waals surface area contributed by atoms with E-state index in [1.807, 2.05) is 72.8 Å². The van der Waals surface area contributed by atoms with Crippen LogP contribution in [0.2, 0.25) is 0 Å². The van der Waals surface area contributed by atoms with Gasteiger partial charge in [-0.3, -0.25) is 19.4 Å². The third-order valence-corrected chi connectivity index (χ3v) is 11.9. The Kier molecular flexibility index (Phi) is 10.4. The van der Waals surface area contributed by atoms with Crippen LogP contribution < -0.4 is 16.0 Å². The van der Waals surface area contributed by atoms with Crippen LogP contribution in [0.15, 0.2) is 91.4 Å². The van der Waals surface area contributed by atoms with Crippen molar-refractivity contribution in [2.75, 3.05) is 0 Å². The summed E-state index contributed by atoms with van der Waals surface area (Å²) in [6.07, 6.45) is 7.56. The molecule has 4 aromatic rings. The van der Waals surface area contributed by atoms with Crippen LogP contribution in [0.5, 0.6) is 0 Å². The largest absolute Gasteiger partial charge is 0.481 e. The number of nitrogens with one attached hydrogen (secondary N) is 3. The third kappa shape index (κ3) is 7.60. The number of fused-ring (bicyclic) bond motifs is 6. The fraction of sp³-hybridized carbons (Fsp3) is 0.452. The van der Waals surface area contributed by atoms with Gasteiger partial charge in [0.25, 0.3) is 5.91 Å². The highest BCUT2D eigenvalue weighted by atomic mass is 16.7. The lowest BCUT2D eigenvalue weighted by atomic mass is 9.72. The van der Waals surface area contributed by atoms with E-state index < -0.39 is 42.6 Å². The second kappa shape index (κ2) is 15.0. The Bertz CT molecular complexity index is 1940. The van der Waals surface area contributed by atoms with Gasteiger partial charge in [0.05, 0.1) is 23.8 Å². The van der Waals surface area contributed by atoms with Crippen molar-refractivity contribution in [3.05, 3.63) is 108 Å². The molecule has 276 valence electrons. The second-order valence-corrected chi connectivity index (χ2v) is 16.3. The summed E-state index contributed by atoms with van der Waals surface area (Å²) < 4.78 is 13.6. The van der Waals surface area contributed by atoms with Crippen LogP contribution in [0.4, 0.5) is 0 Å². The molecule has 3 aliphatic rings. The van der Waals surface area contributed by atoms with Crippen molar-refractivity contribution in [1.29, 1.82) is 0 Å². The molecule has 1 saturated heterocycles. The summed E-state index contributed by atoms with van der Waals surface area (Å²) in [5.74, 6) is -0.749. The van der Waals surface area contributed by atoms with E-state index in [-0.39, 0.29) is 41.9 Å². The molecule has 2 bridgehead atoms. The zero-order chi connectivity index (χ0) is 37.3. The molecule has 11 heteroatoms. The molecule has 1 aromatic heterocycles. The van der Waals surface area contributed by atoms with Gasteiger partial charge < -0.3 is 25.3 Å². The number of hydrogen-bond acceptors (Lipinski definition) is 7. The molecule has 2 saturated carbocycles. The predicted octanol–water partition coefficient (Wildman–Crippen LogP) is 5.50. The number of hydrogen-bond donors (Lipinski definition) is 3. The molecular weight excluding hydrogens is 665 g/mol. The average molecular weight is 716 g/mol. The maximum absolute atomic E-state index is 14.4. The number of carbonyl (C=O) groups is 3. The molecule has 3 N–H and O–H groups in total. The molecule has 0 unspecified atom stereocenters. The maximum Gasteiger partial charge on any atom is 0.481 e. The summed E-state index contributed by atoms with van der Waals surface area (Å²) in [5, 5.41) is 11.3. The summed E-state index contributed by atoms with van der Waals surface area (Å²) in [6, 6.07) is 21.6. The maximum atomic E-state index is 14.4. The number of carbonyl (C=O) groups excluding carboxylic acids is 3. The van der Waals surface area contributed by atoms with Crippen molar-refractivity contribution in [3.8, 4) is 0 Å². The Balaban J connectivity index is 1.13. The Morgan fingerprint density at radius 1 is 0.830 bits per heavy atom. The van der Waals surface area contributed by atoms with E-state index in [0.717, 1.165) is 34.7 Å². The minimum Gasteiger partial charge on any atom is -0.404 e.